The van der Waals surface area contributed by atoms with Crippen molar-refractivity contribution in [2.24, 2.45) is 0 Å². The summed E-state index contributed by atoms with van der Waals surface area (Å²) >= 11 is 6.58. The summed E-state index contributed by atoms with van der Waals surface area (Å²) in [6.45, 7) is 2.27. The van der Waals surface area contributed by atoms with E-state index in [1.165, 1.54) is 14.2 Å². The fourth-order valence-electron chi connectivity index (χ4n) is 5.02. The third-order valence-corrected chi connectivity index (χ3v) is 8.57. The average molecular weight is 839 g/mol. The Balaban J connectivity index is 0.000000233. The van der Waals surface area contributed by atoms with Crippen LogP contribution in [0.3, 0.4) is 0 Å². The lowest BCUT2D eigenvalue weighted by Crippen LogP contribution is -2.33. The lowest BCUT2D eigenvalue weighted by atomic mass is 10.0. The largest absolute Gasteiger partial charge is 0.491 e. The minimum absolute atomic E-state index is 0.0666. The number of amides is 3. The summed E-state index contributed by atoms with van der Waals surface area (Å²) in [6, 6.07) is 23.3. The first-order chi connectivity index (χ1) is 25.0. The number of halogens is 2. The van der Waals surface area contributed by atoms with Crippen molar-refractivity contribution in [3.8, 4) is 11.5 Å². The molecule has 0 bridgehead atoms. The maximum absolute atomic E-state index is 12.4. The van der Waals surface area contributed by atoms with Crippen molar-refractivity contribution in [1.82, 2.24) is 10.2 Å². The van der Waals surface area contributed by atoms with Crippen molar-refractivity contribution in [1.29, 1.82) is 0 Å². The summed E-state index contributed by atoms with van der Waals surface area (Å²) < 4.78 is 22.1. The van der Waals surface area contributed by atoms with Gasteiger partial charge in [-0.2, -0.15) is 0 Å². The molecule has 4 aromatic rings. The Morgan fingerprint density at radius 3 is 1.63 bits per heavy atom. The number of esters is 2. The van der Waals surface area contributed by atoms with Gasteiger partial charge in [-0.05, 0) is 54.6 Å². The Morgan fingerprint density at radius 1 is 0.654 bits per heavy atom. The van der Waals surface area contributed by atoms with Crippen molar-refractivity contribution in [2.75, 3.05) is 40.5 Å². The molecule has 0 radical (unpaired) electrons. The van der Waals surface area contributed by atoms with Gasteiger partial charge >= 0.3 is 11.9 Å². The van der Waals surface area contributed by atoms with Crippen LogP contribution >= 0.6 is 31.9 Å². The lowest BCUT2D eigenvalue weighted by molar-refractivity contribution is 0.0581. The van der Waals surface area contributed by atoms with Gasteiger partial charge in [0.25, 0.3) is 17.7 Å². The topological polar surface area (TPSA) is 155 Å². The summed E-state index contributed by atoms with van der Waals surface area (Å²) in [7, 11) is 2.58. The third kappa shape index (κ3) is 9.70. The van der Waals surface area contributed by atoms with Crippen LogP contribution in [0.15, 0.2) is 93.9 Å². The van der Waals surface area contributed by atoms with E-state index in [0.717, 1.165) is 9.37 Å². The molecule has 52 heavy (non-hydrogen) atoms. The number of ketones is 1. The number of rotatable bonds is 13. The second kappa shape index (κ2) is 18.8. The number of methoxy groups -OCH3 is 2. The van der Waals surface area contributed by atoms with Gasteiger partial charge in [0.05, 0.1) is 44.0 Å². The van der Waals surface area contributed by atoms with Crippen LogP contribution in [0.25, 0.3) is 0 Å². The van der Waals surface area contributed by atoms with E-state index in [9.17, 15) is 28.8 Å². The molecule has 12 nitrogen and oxygen atoms in total. The molecule has 1 heterocycles. The molecule has 4 aromatic carbocycles. The van der Waals surface area contributed by atoms with Crippen LogP contribution in [-0.2, 0) is 9.47 Å². The van der Waals surface area contributed by atoms with Crippen molar-refractivity contribution >= 4 is 67.3 Å². The predicted octanol–water partition coefficient (Wildman–Crippen LogP) is 6.55. The molecule has 270 valence electrons. The van der Waals surface area contributed by atoms with E-state index in [2.05, 4.69) is 37.2 Å². The van der Waals surface area contributed by atoms with Gasteiger partial charge in [0.2, 0.25) is 0 Å². The Bertz CT molecular complexity index is 1960. The predicted molar refractivity (Wildman–Crippen MR) is 197 cm³/mol. The number of fused-ring (bicyclic) bond motifs is 1. The Morgan fingerprint density at radius 2 is 1.13 bits per heavy atom. The van der Waals surface area contributed by atoms with E-state index < -0.39 is 11.9 Å². The molecule has 1 N–H and O–H groups in total. The highest BCUT2D eigenvalue weighted by Crippen LogP contribution is 2.26. The summed E-state index contributed by atoms with van der Waals surface area (Å²) in [5.41, 5.74) is 2.08. The number of imide groups is 1. The molecular weight excluding hydrogens is 804 g/mol. The maximum atomic E-state index is 12.4. The summed E-state index contributed by atoms with van der Waals surface area (Å²) in [5, 5.41) is 2.72. The standard InChI is InChI=1S/C20H20BrNO5.C18H14BrNO5/c1-3-17(23)14-6-4-5-7-15(14)19(24)22-10-11-27-18-9-8-13(21)12-16(18)20(25)26-2;1-24-18(23)14-10-11(19)6-7-15(14)25-9-8-20-16(21)12-4-2-3-5-13(12)17(20)22/h4-9,12H,3,10-11H2,1-2H3,(H,22,24);2-7,10H,8-9H2,1H3. The van der Waals surface area contributed by atoms with E-state index in [-0.39, 0.29) is 60.9 Å². The van der Waals surface area contributed by atoms with Gasteiger partial charge in [0, 0.05) is 20.9 Å². The number of ether oxygens (including phenoxy) is 4. The van der Waals surface area contributed by atoms with Crippen LogP contribution in [0.5, 0.6) is 11.5 Å². The van der Waals surface area contributed by atoms with Crippen molar-refractivity contribution in [3.63, 3.8) is 0 Å². The van der Waals surface area contributed by atoms with Crippen molar-refractivity contribution < 1.29 is 47.7 Å². The van der Waals surface area contributed by atoms with Crippen molar-refractivity contribution in [2.45, 2.75) is 13.3 Å². The molecule has 0 fully saturated rings. The second-order valence-corrected chi connectivity index (χ2v) is 12.7. The van der Waals surface area contributed by atoms with Crippen LogP contribution < -0.4 is 14.8 Å². The molecule has 0 atom stereocenters. The second-order valence-electron chi connectivity index (χ2n) is 10.8. The molecule has 0 aliphatic carbocycles. The fourth-order valence-corrected chi connectivity index (χ4v) is 5.74. The van der Waals surface area contributed by atoms with Gasteiger partial charge in [0.15, 0.2) is 5.78 Å². The number of benzene rings is 4. The summed E-state index contributed by atoms with van der Waals surface area (Å²) in [4.78, 5) is 73.7. The van der Waals surface area contributed by atoms with E-state index >= 15 is 0 Å². The summed E-state index contributed by atoms with van der Waals surface area (Å²) in [5.74, 6) is -1.47. The molecular formula is C38H34Br2N2O10. The zero-order chi connectivity index (χ0) is 37.8. The number of nitrogens with zero attached hydrogens (tertiary/aromatic N) is 1. The average Bonchev–Trinajstić information content (AvgIpc) is 3.41. The smallest absolute Gasteiger partial charge is 0.341 e. The molecule has 0 aromatic heterocycles. The Hall–Kier alpha value is -5.34. The van der Waals surface area contributed by atoms with Gasteiger partial charge < -0.3 is 24.3 Å². The molecule has 3 amide bonds. The van der Waals surface area contributed by atoms with E-state index in [1.54, 1.807) is 91.9 Å². The van der Waals surface area contributed by atoms with Crippen LogP contribution in [0.2, 0.25) is 0 Å². The highest BCUT2D eigenvalue weighted by Gasteiger charge is 2.34. The fraction of sp³-hybridized carbons (Fsp3) is 0.211. The number of carbonyl (C=O) groups is 6. The van der Waals surface area contributed by atoms with Gasteiger partial charge in [0.1, 0.15) is 35.8 Å². The van der Waals surface area contributed by atoms with E-state index in [1.807, 2.05) is 0 Å². The van der Waals surface area contributed by atoms with Crippen LogP contribution in [0.4, 0.5) is 0 Å². The highest BCUT2D eigenvalue weighted by atomic mass is 79.9. The number of hydrogen-bond donors (Lipinski definition) is 1. The first kappa shape index (κ1) is 39.4. The van der Waals surface area contributed by atoms with Gasteiger partial charge in [-0.25, -0.2) is 9.59 Å². The third-order valence-electron chi connectivity index (χ3n) is 7.58. The van der Waals surface area contributed by atoms with Crippen LogP contribution in [0, 0.1) is 0 Å². The minimum atomic E-state index is -0.531. The molecule has 1 aliphatic heterocycles. The molecule has 0 spiro atoms. The van der Waals surface area contributed by atoms with Gasteiger partial charge in [-0.1, -0.05) is 69.1 Å². The first-order valence-electron chi connectivity index (χ1n) is 15.9. The molecule has 0 saturated heterocycles. The summed E-state index contributed by atoms with van der Waals surface area (Å²) in [6.07, 6.45) is 0.327. The number of carbonyl (C=O) groups excluding carboxylic acids is 6. The normalized spacial score (nSPS) is 11.5. The van der Waals surface area contributed by atoms with E-state index in [4.69, 9.17) is 18.9 Å². The molecule has 0 saturated carbocycles. The zero-order valence-corrected chi connectivity index (χ0v) is 31.6. The number of Topliss-reactive ketones (excluding diaryl/α,β-unsaturated/α-hetero) is 1. The van der Waals surface area contributed by atoms with E-state index in [0.29, 0.717) is 44.6 Å². The molecule has 14 heteroatoms. The zero-order valence-electron chi connectivity index (χ0n) is 28.4. The quantitative estimate of drug-likeness (QED) is 0.0679. The van der Waals surface area contributed by atoms with Crippen molar-refractivity contribution in [3.05, 3.63) is 127 Å². The lowest BCUT2D eigenvalue weighted by Gasteiger charge is -2.15. The maximum Gasteiger partial charge on any atom is 0.341 e. The van der Waals surface area contributed by atoms with Crippen LogP contribution in [0.1, 0.15) is 75.5 Å². The number of hydrogen-bond acceptors (Lipinski definition) is 10. The van der Waals surface area contributed by atoms with Gasteiger partial charge in [-0.3, -0.25) is 24.1 Å². The Kier molecular flexibility index (Phi) is 14.2. The Labute approximate surface area is 316 Å². The SMILES string of the molecule is CCC(=O)c1ccccc1C(=O)NCCOc1ccc(Br)cc1C(=O)OC.COC(=O)c1cc(Br)ccc1OCCN1C(=O)c2ccccc2C1=O. The number of nitrogens with one attached hydrogen (secondary N) is 1. The minimum Gasteiger partial charge on any atom is -0.491 e. The van der Waals surface area contributed by atoms with Gasteiger partial charge in [-0.15, -0.1) is 0 Å². The molecule has 1 aliphatic rings. The first-order valence-corrected chi connectivity index (χ1v) is 17.5. The monoisotopic (exact) mass is 836 g/mol. The highest BCUT2D eigenvalue weighted by molar-refractivity contribution is 9.10. The van der Waals surface area contributed by atoms with Crippen LogP contribution in [-0.4, -0.2) is 80.9 Å². The molecule has 0 unspecified atom stereocenters. The molecule has 5 rings (SSSR count).